The molecule has 0 radical (unpaired) electrons. The largest absolute Gasteiger partial charge is 0.480 e. The van der Waals surface area contributed by atoms with Crippen LogP contribution >= 0.6 is 0 Å². The molecule has 1 amide bonds. The summed E-state index contributed by atoms with van der Waals surface area (Å²) in [7, 11) is 0. The summed E-state index contributed by atoms with van der Waals surface area (Å²) in [5.41, 5.74) is 2.08. The second kappa shape index (κ2) is 4.68. The molecule has 3 rings (SSSR count). The molecule has 0 aromatic heterocycles. The zero-order chi connectivity index (χ0) is 13.4. The maximum atomic E-state index is 12.3. The number of nitrogens with zero attached hydrogens (tertiary/aromatic N) is 1. The fourth-order valence-corrected chi connectivity index (χ4v) is 3.29. The molecule has 1 N–H and O–H groups in total. The van der Waals surface area contributed by atoms with E-state index in [1.807, 2.05) is 18.2 Å². The van der Waals surface area contributed by atoms with E-state index in [4.69, 9.17) is 0 Å². The van der Waals surface area contributed by atoms with Crippen molar-refractivity contribution in [3.8, 4) is 0 Å². The summed E-state index contributed by atoms with van der Waals surface area (Å²) in [6.45, 7) is 0. The number of carboxylic acid groups (broad SMARTS) is 1. The molecule has 1 fully saturated rings. The fourth-order valence-electron chi connectivity index (χ4n) is 3.29. The molecular formula is C15H17NO3. The number of carboxylic acids is 1. The number of piperidine rings is 1. The van der Waals surface area contributed by atoms with E-state index >= 15 is 0 Å². The average Bonchev–Trinajstić information content (AvgIpc) is 2.57. The molecule has 0 aromatic carbocycles. The van der Waals surface area contributed by atoms with Crippen molar-refractivity contribution in [3.63, 3.8) is 0 Å². The minimum Gasteiger partial charge on any atom is -0.480 e. The summed E-state index contributed by atoms with van der Waals surface area (Å²) >= 11 is 0. The number of hydrogen-bond acceptors (Lipinski definition) is 2. The zero-order valence-corrected chi connectivity index (χ0v) is 10.7. The first-order valence-electron chi connectivity index (χ1n) is 6.81. The Kier molecular flexibility index (Phi) is 3.01. The number of fused-ring (bicyclic) bond motifs is 2. The van der Waals surface area contributed by atoms with Crippen LogP contribution in [0.2, 0.25) is 0 Å². The third kappa shape index (κ3) is 2.01. The number of amides is 1. The van der Waals surface area contributed by atoms with Crippen LogP contribution in [0.1, 0.15) is 32.1 Å². The maximum absolute atomic E-state index is 12.3. The summed E-state index contributed by atoms with van der Waals surface area (Å²) in [5, 5.41) is 9.33. The molecule has 4 nitrogen and oxygen atoms in total. The van der Waals surface area contributed by atoms with Gasteiger partial charge in [0.15, 0.2) is 0 Å². The van der Waals surface area contributed by atoms with Gasteiger partial charge in [0.2, 0.25) is 5.91 Å². The Bertz CT molecular complexity index is 515. The highest BCUT2D eigenvalue weighted by Crippen LogP contribution is 2.38. The van der Waals surface area contributed by atoms with E-state index in [1.54, 1.807) is 4.90 Å². The van der Waals surface area contributed by atoms with E-state index in [9.17, 15) is 14.7 Å². The van der Waals surface area contributed by atoms with Crippen molar-refractivity contribution in [2.75, 3.05) is 0 Å². The Morgan fingerprint density at radius 1 is 1.26 bits per heavy atom. The Labute approximate surface area is 112 Å². The second-order valence-electron chi connectivity index (χ2n) is 5.30. The predicted molar refractivity (Wildman–Crippen MR) is 70.2 cm³/mol. The van der Waals surface area contributed by atoms with Crippen molar-refractivity contribution in [2.24, 2.45) is 5.92 Å². The van der Waals surface area contributed by atoms with Gasteiger partial charge in [-0.15, -0.1) is 0 Å². The monoisotopic (exact) mass is 259 g/mol. The van der Waals surface area contributed by atoms with E-state index in [2.05, 4.69) is 6.08 Å². The molecule has 4 heteroatoms. The number of rotatable bonds is 1. The number of allylic oxidation sites excluding steroid dienone is 6. The van der Waals surface area contributed by atoms with Gasteiger partial charge in [0.25, 0.3) is 0 Å². The van der Waals surface area contributed by atoms with E-state index in [1.165, 1.54) is 0 Å². The summed E-state index contributed by atoms with van der Waals surface area (Å²) in [6.07, 6.45) is 11.5. The lowest BCUT2D eigenvalue weighted by molar-refractivity contribution is -0.149. The molecule has 0 spiro atoms. The molecule has 2 unspecified atom stereocenters. The van der Waals surface area contributed by atoms with Gasteiger partial charge in [-0.2, -0.15) is 0 Å². The Hall–Kier alpha value is -1.84. The molecule has 0 bridgehead atoms. The lowest BCUT2D eigenvalue weighted by Gasteiger charge is -2.36. The number of aliphatic carboxylic acids is 1. The predicted octanol–water partition coefficient (Wildman–Crippen LogP) is 2.24. The van der Waals surface area contributed by atoms with E-state index in [0.717, 1.165) is 30.5 Å². The number of carbonyl (C=O) groups is 2. The van der Waals surface area contributed by atoms with Crippen LogP contribution in [0.4, 0.5) is 0 Å². The van der Waals surface area contributed by atoms with Gasteiger partial charge in [-0.3, -0.25) is 4.79 Å². The molecular weight excluding hydrogens is 242 g/mol. The van der Waals surface area contributed by atoms with Crippen molar-refractivity contribution in [1.29, 1.82) is 0 Å². The summed E-state index contributed by atoms with van der Waals surface area (Å²) < 4.78 is 0. The van der Waals surface area contributed by atoms with Crippen LogP contribution in [0.15, 0.2) is 35.6 Å². The Morgan fingerprint density at radius 2 is 2.11 bits per heavy atom. The molecule has 0 aromatic rings. The topological polar surface area (TPSA) is 57.6 Å². The standard InChI is InChI=1S/C15H17NO3/c17-14-9-8-10-4-1-2-5-11(10)12-6-3-7-13(15(18)19)16(12)14/h1-2,4-5,10,13H,3,6-9H2,(H,18,19). The van der Waals surface area contributed by atoms with Gasteiger partial charge in [-0.25, -0.2) is 4.79 Å². The minimum atomic E-state index is -0.889. The van der Waals surface area contributed by atoms with Crippen LogP contribution in [-0.2, 0) is 9.59 Å². The highest BCUT2D eigenvalue weighted by molar-refractivity contribution is 5.86. The van der Waals surface area contributed by atoms with Crippen LogP contribution in [0.5, 0.6) is 0 Å². The van der Waals surface area contributed by atoms with Crippen molar-refractivity contribution in [1.82, 2.24) is 4.90 Å². The average molecular weight is 259 g/mol. The second-order valence-corrected chi connectivity index (χ2v) is 5.30. The molecule has 3 aliphatic rings. The minimum absolute atomic E-state index is 0.0363. The van der Waals surface area contributed by atoms with E-state index < -0.39 is 12.0 Å². The molecule has 1 saturated heterocycles. The van der Waals surface area contributed by atoms with Crippen LogP contribution in [0.3, 0.4) is 0 Å². The van der Waals surface area contributed by atoms with Gasteiger partial charge in [0, 0.05) is 18.0 Å². The van der Waals surface area contributed by atoms with E-state index in [-0.39, 0.29) is 11.8 Å². The molecule has 2 atom stereocenters. The summed E-state index contributed by atoms with van der Waals surface area (Å²) in [5.74, 6) is -0.660. The third-order valence-corrected chi connectivity index (χ3v) is 4.18. The van der Waals surface area contributed by atoms with Crippen LogP contribution in [0, 0.1) is 5.92 Å². The first kappa shape index (κ1) is 12.2. The van der Waals surface area contributed by atoms with Gasteiger partial charge < -0.3 is 10.0 Å². The lowest BCUT2D eigenvalue weighted by Crippen LogP contribution is -2.46. The van der Waals surface area contributed by atoms with Crippen LogP contribution in [-0.4, -0.2) is 27.9 Å². The molecule has 0 saturated carbocycles. The normalized spacial score (nSPS) is 29.9. The van der Waals surface area contributed by atoms with Gasteiger partial charge in [-0.1, -0.05) is 24.3 Å². The van der Waals surface area contributed by atoms with Gasteiger partial charge >= 0.3 is 5.97 Å². The summed E-state index contributed by atoms with van der Waals surface area (Å²) in [4.78, 5) is 25.2. The highest BCUT2D eigenvalue weighted by atomic mass is 16.4. The first-order valence-corrected chi connectivity index (χ1v) is 6.81. The lowest BCUT2D eigenvalue weighted by atomic mass is 9.87. The molecule has 1 aliphatic carbocycles. The fraction of sp³-hybridized carbons (Fsp3) is 0.467. The Balaban J connectivity index is 2.08. The van der Waals surface area contributed by atoms with E-state index in [0.29, 0.717) is 12.8 Å². The molecule has 19 heavy (non-hydrogen) atoms. The summed E-state index contributed by atoms with van der Waals surface area (Å²) in [6, 6.07) is -0.679. The number of carbonyl (C=O) groups excluding carboxylic acids is 1. The molecule has 100 valence electrons. The quantitative estimate of drug-likeness (QED) is 0.785. The van der Waals surface area contributed by atoms with Crippen molar-refractivity contribution in [2.45, 2.75) is 38.1 Å². The SMILES string of the molecule is O=C(O)C1CCCC2=C3C=CC=CC3CCC(=O)N21. The van der Waals surface area contributed by atoms with Gasteiger partial charge in [0.05, 0.1) is 0 Å². The Morgan fingerprint density at radius 3 is 2.89 bits per heavy atom. The molecule has 2 aliphatic heterocycles. The first-order chi connectivity index (χ1) is 9.18. The van der Waals surface area contributed by atoms with Crippen molar-refractivity contribution < 1.29 is 14.7 Å². The van der Waals surface area contributed by atoms with Crippen LogP contribution < -0.4 is 0 Å². The third-order valence-electron chi connectivity index (χ3n) is 4.18. The van der Waals surface area contributed by atoms with Gasteiger partial charge in [-0.05, 0) is 31.3 Å². The molecule has 2 heterocycles. The maximum Gasteiger partial charge on any atom is 0.326 e. The number of hydrogen-bond donors (Lipinski definition) is 1. The van der Waals surface area contributed by atoms with Gasteiger partial charge in [0.1, 0.15) is 6.04 Å². The van der Waals surface area contributed by atoms with Crippen molar-refractivity contribution >= 4 is 11.9 Å². The van der Waals surface area contributed by atoms with Crippen molar-refractivity contribution in [3.05, 3.63) is 35.6 Å². The zero-order valence-electron chi connectivity index (χ0n) is 10.7. The highest BCUT2D eigenvalue weighted by Gasteiger charge is 2.38. The van der Waals surface area contributed by atoms with Crippen LogP contribution in [0.25, 0.3) is 0 Å². The smallest absolute Gasteiger partial charge is 0.326 e.